The van der Waals surface area contributed by atoms with Crippen LogP contribution >= 0.6 is 0 Å². The van der Waals surface area contributed by atoms with Crippen LogP contribution in [0.2, 0.25) is 0 Å². The molecule has 30 heavy (non-hydrogen) atoms. The zero-order valence-electron chi connectivity index (χ0n) is 17.4. The van der Waals surface area contributed by atoms with E-state index in [9.17, 15) is 14.4 Å². The molecular formula is C24H27NO5. The molecule has 0 heterocycles. The second kappa shape index (κ2) is 10.1. The van der Waals surface area contributed by atoms with Crippen molar-refractivity contribution >= 4 is 23.3 Å². The fourth-order valence-electron chi connectivity index (χ4n) is 3.49. The van der Waals surface area contributed by atoms with Crippen molar-refractivity contribution in [3.8, 4) is 5.75 Å². The Bertz CT molecular complexity index is 920. The van der Waals surface area contributed by atoms with Crippen LogP contribution < -0.4 is 10.1 Å². The van der Waals surface area contributed by atoms with Gasteiger partial charge >= 0.3 is 5.97 Å². The summed E-state index contributed by atoms with van der Waals surface area (Å²) in [6.07, 6.45) is 3.44. The standard InChI is InChI=1S/C24H27NO5/c1-16(24(28)25-20-9-11-21(29-2)12-10-20)30-23(27)14-13-22(26)19-8-7-17-5-3-4-6-18(17)15-19/h7-12,15-16H,3-6,13-14H2,1-2H3,(H,25,28)/t16-/m0/s1. The van der Waals surface area contributed by atoms with Crippen molar-refractivity contribution in [3.63, 3.8) is 0 Å². The molecule has 0 aromatic heterocycles. The van der Waals surface area contributed by atoms with E-state index in [0.29, 0.717) is 17.0 Å². The number of hydrogen-bond donors (Lipinski definition) is 1. The lowest BCUT2D eigenvalue weighted by Crippen LogP contribution is -2.30. The average Bonchev–Trinajstić information content (AvgIpc) is 2.77. The van der Waals surface area contributed by atoms with Crippen molar-refractivity contribution < 1.29 is 23.9 Å². The van der Waals surface area contributed by atoms with E-state index in [1.807, 2.05) is 18.2 Å². The summed E-state index contributed by atoms with van der Waals surface area (Å²) >= 11 is 0. The number of amides is 1. The number of benzene rings is 2. The minimum absolute atomic E-state index is 0.0595. The highest BCUT2D eigenvalue weighted by Gasteiger charge is 2.19. The Hall–Kier alpha value is -3.15. The molecule has 1 aliphatic carbocycles. The first-order valence-corrected chi connectivity index (χ1v) is 10.3. The fourth-order valence-corrected chi connectivity index (χ4v) is 3.49. The Labute approximate surface area is 176 Å². The Morgan fingerprint density at radius 3 is 2.37 bits per heavy atom. The van der Waals surface area contributed by atoms with Gasteiger partial charge in [-0.1, -0.05) is 12.1 Å². The lowest BCUT2D eigenvalue weighted by atomic mass is 9.89. The predicted molar refractivity (Wildman–Crippen MR) is 114 cm³/mol. The number of methoxy groups -OCH3 is 1. The number of aryl methyl sites for hydroxylation is 2. The molecule has 2 aromatic carbocycles. The van der Waals surface area contributed by atoms with Crippen molar-refractivity contribution in [2.75, 3.05) is 12.4 Å². The topological polar surface area (TPSA) is 81.7 Å². The number of carbonyl (C=O) groups is 3. The van der Waals surface area contributed by atoms with Crippen LogP contribution in [0.3, 0.4) is 0 Å². The Balaban J connectivity index is 1.46. The van der Waals surface area contributed by atoms with Crippen LogP contribution in [0.25, 0.3) is 0 Å². The lowest BCUT2D eigenvalue weighted by molar-refractivity contribution is -0.153. The molecule has 0 unspecified atom stereocenters. The lowest BCUT2D eigenvalue weighted by Gasteiger charge is -2.16. The molecular weight excluding hydrogens is 382 g/mol. The first kappa shape index (κ1) is 21.6. The summed E-state index contributed by atoms with van der Waals surface area (Å²) in [5.74, 6) is -0.417. The highest BCUT2D eigenvalue weighted by atomic mass is 16.5. The van der Waals surface area contributed by atoms with Crippen molar-refractivity contribution in [2.24, 2.45) is 0 Å². The highest BCUT2D eigenvalue weighted by molar-refractivity contribution is 5.98. The molecule has 1 amide bonds. The second-order valence-electron chi connectivity index (χ2n) is 7.46. The van der Waals surface area contributed by atoms with Gasteiger partial charge in [0.05, 0.1) is 13.5 Å². The first-order valence-electron chi connectivity index (χ1n) is 10.3. The van der Waals surface area contributed by atoms with Gasteiger partial charge in [0, 0.05) is 17.7 Å². The van der Waals surface area contributed by atoms with Gasteiger partial charge in [-0.15, -0.1) is 0 Å². The molecule has 0 spiro atoms. The van der Waals surface area contributed by atoms with Gasteiger partial charge in [-0.3, -0.25) is 14.4 Å². The maximum absolute atomic E-state index is 12.5. The number of ether oxygens (including phenoxy) is 2. The van der Waals surface area contributed by atoms with Gasteiger partial charge in [0.2, 0.25) is 0 Å². The number of nitrogens with one attached hydrogen (secondary N) is 1. The summed E-state index contributed by atoms with van der Waals surface area (Å²) in [4.78, 5) is 36.8. The molecule has 1 aliphatic rings. The average molecular weight is 409 g/mol. The van der Waals surface area contributed by atoms with Crippen LogP contribution in [0.15, 0.2) is 42.5 Å². The van der Waals surface area contributed by atoms with Crippen molar-refractivity contribution in [2.45, 2.75) is 51.6 Å². The van der Waals surface area contributed by atoms with Crippen LogP contribution in [0.5, 0.6) is 5.75 Å². The van der Waals surface area contributed by atoms with E-state index >= 15 is 0 Å². The summed E-state index contributed by atoms with van der Waals surface area (Å²) in [7, 11) is 1.56. The summed E-state index contributed by atoms with van der Waals surface area (Å²) in [5, 5.41) is 2.68. The Morgan fingerprint density at radius 2 is 1.67 bits per heavy atom. The maximum Gasteiger partial charge on any atom is 0.307 e. The summed E-state index contributed by atoms with van der Waals surface area (Å²) in [6, 6.07) is 12.6. The van der Waals surface area contributed by atoms with E-state index in [1.54, 1.807) is 31.4 Å². The molecule has 6 nitrogen and oxygen atoms in total. The van der Waals surface area contributed by atoms with E-state index < -0.39 is 18.0 Å². The van der Waals surface area contributed by atoms with E-state index in [-0.39, 0.29) is 18.6 Å². The SMILES string of the molecule is COc1ccc(NC(=O)[C@H](C)OC(=O)CCC(=O)c2ccc3c(c2)CCCC3)cc1. The molecule has 0 radical (unpaired) electrons. The second-order valence-corrected chi connectivity index (χ2v) is 7.46. The van der Waals surface area contributed by atoms with Crippen molar-refractivity contribution in [1.29, 1.82) is 0 Å². The molecule has 0 saturated heterocycles. The predicted octanol–water partition coefficient (Wildman–Crippen LogP) is 4.11. The first-order chi connectivity index (χ1) is 14.5. The van der Waals surface area contributed by atoms with E-state index in [4.69, 9.17) is 9.47 Å². The quantitative estimate of drug-likeness (QED) is 0.524. The number of carbonyl (C=O) groups excluding carboxylic acids is 3. The molecule has 1 N–H and O–H groups in total. The van der Waals surface area contributed by atoms with Gasteiger partial charge in [-0.25, -0.2) is 0 Å². The Morgan fingerprint density at radius 1 is 0.967 bits per heavy atom. The van der Waals surface area contributed by atoms with Crippen molar-refractivity contribution in [3.05, 3.63) is 59.2 Å². The zero-order valence-corrected chi connectivity index (χ0v) is 17.4. The van der Waals surface area contributed by atoms with Gasteiger partial charge in [0.1, 0.15) is 5.75 Å². The number of ketones is 1. The highest BCUT2D eigenvalue weighted by Crippen LogP contribution is 2.23. The Kier molecular flexibility index (Phi) is 7.22. The van der Waals surface area contributed by atoms with Crippen LogP contribution in [0.1, 0.15) is 54.1 Å². The largest absolute Gasteiger partial charge is 0.497 e. The van der Waals surface area contributed by atoms with Gasteiger partial charge in [-0.05, 0) is 74.1 Å². The third-order valence-electron chi connectivity index (χ3n) is 5.26. The monoisotopic (exact) mass is 409 g/mol. The smallest absolute Gasteiger partial charge is 0.307 e. The number of fused-ring (bicyclic) bond motifs is 1. The molecule has 6 heteroatoms. The van der Waals surface area contributed by atoms with Gasteiger partial charge < -0.3 is 14.8 Å². The summed E-state index contributed by atoms with van der Waals surface area (Å²) in [5.41, 5.74) is 3.76. The maximum atomic E-state index is 12.5. The molecule has 0 fully saturated rings. The summed E-state index contributed by atoms with van der Waals surface area (Å²) < 4.78 is 10.2. The van der Waals surface area contributed by atoms with Crippen LogP contribution in [-0.4, -0.2) is 30.9 Å². The van der Waals surface area contributed by atoms with Gasteiger partial charge in [0.25, 0.3) is 5.91 Å². The molecule has 1 atom stereocenters. The summed E-state index contributed by atoms with van der Waals surface area (Å²) in [6.45, 7) is 1.50. The molecule has 158 valence electrons. The minimum atomic E-state index is -0.960. The number of Topliss-reactive ketones (excluding diaryl/α,β-unsaturated/α-hetero) is 1. The third-order valence-corrected chi connectivity index (χ3v) is 5.26. The van der Waals surface area contributed by atoms with E-state index in [2.05, 4.69) is 5.32 Å². The number of hydrogen-bond acceptors (Lipinski definition) is 5. The molecule has 3 rings (SSSR count). The fraction of sp³-hybridized carbons (Fsp3) is 0.375. The molecule has 0 saturated carbocycles. The normalized spacial score (nSPS) is 13.7. The number of anilines is 1. The van der Waals surface area contributed by atoms with Crippen LogP contribution in [0, 0.1) is 0 Å². The third kappa shape index (κ3) is 5.69. The zero-order chi connectivity index (χ0) is 21.5. The van der Waals surface area contributed by atoms with E-state index in [1.165, 1.54) is 24.5 Å². The molecule has 0 bridgehead atoms. The van der Waals surface area contributed by atoms with Gasteiger partial charge in [0.15, 0.2) is 11.9 Å². The number of esters is 1. The minimum Gasteiger partial charge on any atom is -0.497 e. The van der Waals surface area contributed by atoms with Crippen LogP contribution in [0.4, 0.5) is 5.69 Å². The van der Waals surface area contributed by atoms with Crippen molar-refractivity contribution in [1.82, 2.24) is 0 Å². The van der Waals surface area contributed by atoms with E-state index in [0.717, 1.165) is 19.3 Å². The molecule has 2 aromatic rings. The van der Waals surface area contributed by atoms with Gasteiger partial charge in [-0.2, -0.15) is 0 Å². The number of rotatable bonds is 8. The molecule has 0 aliphatic heterocycles. The van der Waals surface area contributed by atoms with Crippen LogP contribution in [-0.2, 0) is 27.2 Å².